The first-order valence-electron chi connectivity index (χ1n) is 5.61. The van der Waals surface area contributed by atoms with E-state index in [-0.39, 0.29) is 11.9 Å². The summed E-state index contributed by atoms with van der Waals surface area (Å²) in [6, 6.07) is 5.37. The van der Waals surface area contributed by atoms with Gasteiger partial charge in [-0.1, -0.05) is 13.8 Å². The fourth-order valence-electron chi connectivity index (χ4n) is 2.21. The molecule has 4 nitrogen and oxygen atoms in total. The van der Waals surface area contributed by atoms with Crippen molar-refractivity contribution in [2.24, 2.45) is 0 Å². The van der Waals surface area contributed by atoms with Crippen LogP contribution in [0.4, 0.5) is 11.4 Å². The van der Waals surface area contributed by atoms with Crippen molar-refractivity contribution >= 4 is 17.3 Å². The minimum Gasteiger partial charge on any atom is -0.399 e. The lowest BCUT2D eigenvalue weighted by Gasteiger charge is -2.24. The molecule has 0 saturated heterocycles. The number of carbonyl (C=O) groups excluding carboxylic acids is 1. The van der Waals surface area contributed by atoms with Gasteiger partial charge in [0.1, 0.15) is 6.04 Å². The smallest absolute Gasteiger partial charge is 0.246 e. The second-order valence-electron chi connectivity index (χ2n) is 3.96. The summed E-state index contributed by atoms with van der Waals surface area (Å²) < 4.78 is 0. The zero-order chi connectivity index (χ0) is 11.7. The number of fused-ring (bicyclic) bond motifs is 1. The van der Waals surface area contributed by atoms with Crippen molar-refractivity contribution in [3.8, 4) is 0 Å². The van der Waals surface area contributed by atoms with Crippen LogP contribution in [0.25, 0.3) is 0 Å². The molecule has 0 aliphatic carbocycles. The monoisotopic (exact) mass is 219 g/mol. The van der Waals surface area contributed by atoms with E-state index in [1.807, 2.05) is 18.2 Å². The standard InChI is InChI=1S/C12H17N3O/c1-3-15(4-2)11-9-7-8(13)5-6-10(9)14-12(11)16/h5-7,11H,3-4,13H2,1-2H3,(H,14,16)/t11-/m0/s1. The Bertz CT molecular complexity index is 413. The van der Waals surface area contributed by atoms with E-state index in [0.717, 1.165) is 24.3 Å². The molecule has 1 aromatic rings. The third kappa shape index (κ3) is 1.65. The van der Waals surface area contributed by atoms with E-state index in [9.17, 15) is 4.79 Å². The molecule has 1 amide bonds. The molecule has 0 aromatic heterocycles. The highest BCUT2D eigenvalue weighted by molar-refractivity contribution is 6.02. The van der Waals surface area contributed by atoms with Crippen molar-refractivity contribution in [3.63, 3.8) is 0 Å². The minimum absolute atomic E-state index is 0.0456. The van der Waals surface area contributed by atoms with Crippen molar-refractivity contribution in [2.45, 2.75) is 19.9 Å². The van der Waals surface area contributed by atoms with Gasteiger partial charge >= 0.3 is 0 Å². The molecule has 0 unspecified atom stereocenters. The molecule has 1 aliphatic rings. The van der Waals surface area contributed by atoms with Crippen LogP contribution in [-0.4, -0.2) is 23.9 Å². The molecule has 1 aromatic carbocycles. The Morgan fingerprint density at radius 1 is 1.38 bits per heavy atom. The molecule has 1 atom stereocenters. The molecule has 0 radical (unpaired) electrons. The maximum atomic E-state index is 11.9. The van der Waals surface area contributed by atoms with Crippen LogP contribution in [0.15, 0.2) is 18.2 Å². The minimum atomic E-state index is -0.187. The van der Waals surface area contributed by atoms with Crippen LogP contribution in [0.2, 0.25) is 0 Å². The Balaban J connectivity index is 2.41. The van der Waals surface area contributed by atoms with Gasteiger partial charge in [0.15, 0.2) is 0 Å². The van der Waals surface area contributed by atoms with E-state index in [1.54, 1.807) is 0 Å². The number of nitrogens with two attached hydrogens (primary N) is 1. The molecule has 0 fully saturated rings. The molecule has 0 spiro atoms. The highest BCUT2D eigenvalue weighted by atomic mass is 16.2. The summed E-state index contributed by atoms with van der Waals surface area (Å²) in [7, 11) is 0. The number of likely N-dealkylation sites (N-methyl/N-ethyl adjacent to an activating group) is 1. The van der Waals surface area contributed by atoms with Crippen LogP contribution in [0.1, 0.15) is 25.5 Å². The number of nitrogen functional groups attached to an aromatic ring is 1. The first-order chi connectivity index (χ1) is 7.67. The summed E-state index contributed by atoms with van der Waals surface area (Å²) in [5, 5.41) is 2.89. The van der Waals surface area contributed by atoms with Crippen molar-refractivity contribution < 1.29 is 4.79 Å². The summed E-state index contributed by atoms with van der Waals surface area (Å²) in [5.41, 5.74) is 8.34. The van der Waals surface area contributed by atoms with Crippen molar-refractivity contribution in [1.29, 1.82) is 0 Å². The van der Waals surface area contributed by atoms with Crippen molar-refractivity contribution in [1.82, 2.24) is 4.90 Å². The van der Waals surface area contributed by atoms with Gasteiger partial charge in [-0.15, -0.1) is 0 Å². The van der Waals surface area contributed by atoms with Crippen LogP contribution in [0.5, 0.6) is 0 Å². The van der Waals surface area contributed by atoms with E-state index >= 15 is 0 Å². The summed E-state index contributed by atoms with van der Waals surface area (Å²) in [6.07, 6.45) is 0. The largest absolute Gasteiger partial charge is 0.399 e. The average molecular weight is 219 g/mol. The summed E-state index contributed by atoms with van der Waals surface area (Å²) in [6.45, 7) is 5.81. The van der Waals surface area contributed by atoms with Gasteiger partial charge in [0.05, 0.1) is 0 Å². The van der Waals surface area contributed by atoms with E-state index < -0.39 is 0 Å². The Hall–Kier alpha value is -1.55. The number of anilines is 2. The number of carbonyl (C=O) groups is 1. The van der Waals surface area contributed by atoms with Gasteiger partial charge < -0.3 is 11.1 Å². The highest BCUT2D eigenvalue weighted by Crippen LogP contribution is 2.35. The molecule has 0 bridgehead atoms. The van der Waals surface area contributed by atoms with Crippen LogP contribution < -0.4 is 11.1 Å². The van der Waals surface area contributed by atoms with E-state index in [2.05, 4.69) is 24.1 Å². The average Bonchev–Trinajstić information content (AvgIpc) is 2.58. The van der Waals surface area contributed by atoms with Crippen molar-refractivity contribution in [3.05, 3.63) is 23.8 Å². The quantitative estimate of drug-likeness (QED) is 0.759. The van der Waals surface area contributed by atoms with Crippen LogP contribution in [-0.2, 0) is 4.79 Å². The maximum Gasteiger partial charge on any atom is 0.246 e. The number of nitrogens with zero attached hydrogens (tertiary/aromatic N) is 1. The third-order valence-corrected chi connectivity index (χ3v) is 3.05. The second kappa shape index (κ2) is 4.14. The van der Waals surface area contributed by atoms with Gasteiger partial charge in [-0.25, -0.2) is 0 Å². The zero-order valence-corrected chi connectivity index (χ0v) is 9.66. The predicted octanol–water partition coefficient (Wildman–Crippen LogP) is 1.60. The lowest BCUT2D eigenvalue weighted by atomic mass is 10.1. The molecule has 1 heterocycles. The zero-order valence-electron chi connectivity index (χ0n) is 9.66. The molecular formula is C12H17N3O. The van der Waals surface area contributed by atoms with Gasteiger partial charge in [0.25, 0.3) is 0 Å². The molecule has 4 heteroatoms. The topological polar surface area (TPSA) is 58.4 Å². The Morgan fingerprint density at radius 3 is 2.69 bits per heavy atom. The third-order valence-electron chi connectivity index (χ3n) is 3.05. The summed E-state index contributed by atoms with van der Waals surface area (Å²) in [4.78, 5) is 14.0. The number of benzene rings is 1. The molecular weight excluding hydrogens is 202 g/mol. The predicted molar refractivity (Wildman–Crippen MR) is 65.1 cm³/mol. The van der Waals surface area contributed by atoms with Gasteiger partial charge in [-0.05, 0) is 31.3 Å². The lowest BCUT2D eigenvalue weighted by molar-refractivity contribution is -0.120. The lowest BCUT2D eigenvalue weighted by Crippen LogP contribution is -2.32. The number of rotatable bonds is 3. The summed E-state index contributed by atoms with van der Waals surface area (Å²) in [5.74, 6) is 0.0456. The normalized spacial score (nSPS) is 18.7. The molecule has 86 valence electrons. The van der Waals surface area contributed by atoms with Crippen LogP contribution >= 0.6 is 0 Å². The molecule has 3 N–H and O–H groups in total. The number of nitrogens with one attached hydrogen (secondary N) is 1. The Morgan fingerprint density at radius 2 is 2.06 bits per heavy atom. The fraction of sp³-hybridized carbons (Fsp3) is 0.417. The number of hydrogen-bond donors (Lipinski definition) is 2. The Labute approximate surface area is 95.4 Å². The highest BCUT2D eigenvalue weighted by Gasteiger charge is 2.33. The van der Waals surface area contributed by atoms with Gasteiger partial charge in [-0.3, -0.25) is 9.69 Å². The molecule has 16 heavy (non-hydrogen) atoms. The maximum absolute atomic E-state index is 11.9. The van der Waals surface area contributed by atoms with Crippen molar-refractivity contribution in [2.75, 3.05) is 24.1 Å². The van der Waals surface area contributed by atoms with E-state index in [0.29, 0.717) is 5.69 Å². The van der Waals surface area contributed by atoms with Crippen LogP contribution in [0, 0.1) is 0 Å². The number of amides is 1. The first kappa shape index (κ1) is 11.0. The summed E-state index contributed by atoms with van der Waals surface area (Å²) >= 11 is 0. The van der Waals surface area contributed by atoms with Gasteiger partial charge in [-0.2, -0.15) is 0 Å². The molecule has 2 rings (SSSR count). The fourth-order valence-corrected chi connectivity index (χ4v) is 2.21. The number of hydrogen-bond acceptors (Lipinski definition) is 3. The van der Waals surface area contributed by atoms with E-state index in [1.165, 1.54) is 0 Å². The first-order valence-corrected chi connectivity index (χ1v) is 5.61. The van der Waals surface area contributed by atoms with Gasteiger partial charge in [0.2, 0.25) is 5.91 Å². The molecule has 1 aliphatic heterocycles. The SMILES string of the molecule is CCN(CC)[C@@H]1C(=O)Nc2ccc(N)cc21. The second-order valence-corrected chi connectivity index (χ2v) is 3.96. The van der Waals surface area contributed by atoms with E-state index in [4.69, 9.17) is 5.73 Å². The van der Waals surface area contributed by atoms with Gasteiger partial charge in [0, 0.05) is 16.9 Å². The Kier molecular flexibility index (Phi) is 2.83. The molecule has 0 saturated carbocycles. The van der Waals surface area contributed by atoms with Crippen LogP contribution in [0.3, 0.4) is 0 Å².